The zero-order valence-corrected chi connectivity index (χ0v) is 13.1. The molecular weight excluding hydrogens is 272 g/mol. The zero-order chi connectivity index (χ0) is 13.7. The third-order valence-corrected chi connectivity index (χ3v) is 3.78. The highest BCUT2D eigenvalue weighted by Gasteiger charge is 2.22. The standard InChI is InChI=1S/C16H24N2O.ClH/c1-12(2)16(14-6-4-3-5-7-14)18-15(19)10-13-8-9-17-11-13;/h3-7,12-13,16-17H,8-11H2,1-2H3,(H,18,19);1H. The Balaban J connectivity index is 0.00000200. The van der Waals surface area contributed by atoms with Gasteiger partial charge in [-0.25, -0.2) is 0 Å². The Morgan fingerprint density at radius 2 is 2.05 bits per heavy atom. The highest BCUT2D eigenvalue weighted by Crippen LogP contribution is 2.22. The molecule has 0 aliphatic carbocycles. The van der Waals surface area contributed by atoms with E-state index in [1.54, 1.807) is 0 Å². The summed E-state index contributed by atoms with van der Waals surface area (Å²) >= 11 is 0. The number of halogens is 1. The van der Waals surface area contributed by atoms with Crippen molar-refractivity contribution in [2.45, 2.75) is 32.7 Å². The third kappa shape index (κ3) is 4.80. The molecule has 112 valence electrons. The van der Waals surface area contributed by atoms with E-state index in [2.05, 4.69) is 36.6 Å². The molecule has 0 saturated carbocycles. The van der Waals surface area contributed by atoms with Crippen LogP contribution in [0.1, 0.15) is 38.3 Å². The maximum atomic E-state index is 12.1. The normalized spacial score (nSPS) is 19.4. The first-order valence-electron chi connectivity index (χ1n) is 7.22. The molecule has 0 spiro atoms. The number of amides is 1. The Morgan fingerprint density at radius 3 is 2.60 bits per heavy atom. The minimum absolute atomic E-state index is 0. The van der Waals surface area contributed by atoms with E-state index in [1.807, 2.05) is 18.2 Å². The maximum Gasteiger partial charge on any atom is 0.220 e. The van der Waals surface area contributed by atoms with Crippen molar-refractivity contribution in [1.29, 1.82) is 0 Å². The summed E-state index contributed by atoms with van der Waals surface area (Å²) in [5.41, 5.74) is 1.19. The topological polar surface area (TPSA) is 41.1 Å². The molecule has 2 N–H and O–H groups in total. The molecule has 3 nitrogen and oxygen atoms in total. The van der Waals surface area contributed by atoms with E-state index in [-0.39, 0.29) is 24.4 Å². The van der Waals surface area contributed by atoms with E-state index >= 15 is 0 Å². The molecule has 1 aromatic rings. The highest BCUT2D eigenvalue weighted by atomic mass is 35.5. The van der Waals surface area contributed by atoms with Gasteiger partial charge < -0.3 is 10.6 Å². The van der Waals surface area contributed by atoms with E-state index in [0.29, 0.717) is 18.3 Å². The summed E-state index contributed by atoms with van der Waals surface area (Å²) in [4.78, 5) is 12.1. The van der Waals surface area contributed by atoms with Crippen LogP contribution in [0.2, 0.25) is 0 Å². The molecule has 2 rings (SSSR count). The molecule has 0 radical (unpaired) electrons. The molecule has 2 unspecified atom stereocenters. The number of nitrogens with one attached hydrogen (secondary N) is 2. The van der Waals surface area contributed by atoms with Crippen molar-refractivity contribution in [1.82, 2.24) is 10.6 Å². The summed E-state index contributed by atoms with van der Waals surface area (Å²) in [6.07, 6.45) is 1.76. The van der Waals surface area contributed by atoms with Gasteiger partial charge in [0, 0.05) is 6.42 Å². The first-order chi connectivity index (χ1) is 9.16. The van der Waals surface area contributed by atoms with Crippen molar-refractivity contribution >= 4 is 18.3 Å². The van der Waals surface area contributed by atoms with Gasteiger partial charge in [0.05, 0.1) is 6.04 Å². The van der Waals surface area contributed by atoms with Crippen LogP contribution in [0.25, 0.3) is 0 Å². The van der Waals surface area contributed by atoms with E-state index in [9.17, 15) is 4.79 Å². The van der Waals surface area contributed by atoms with Gasteiger partial charge >= 0.3 is 0 Å². The Morgan fingerprint density at radius 1 is 1.35 bits per heavy atom. The molecule has 2 atom stereocenters. The number of carbonyl (C=O) groups is 1. The Hall–Kier alpha value is -1.06. The van der Waals surface area contributed by atoms with Crippen molar-refractivity contribution in [3.8, 4) is 0 Å². The lowest BCUT2D eigenvalue weighted by atomic mass is 9.95. The van der Waals surface area contributed by atoms with Gasteiger partial charge in [-0.3, -0.25) is 4.79 Å². The summed E-state index contributed by atoms with van der Waals surface area (Å²) < 4.78 is 0. The van der Waals surface area contributed by atoms with Crippen LogP contribution in [-0.4, -0.2) is 19.0 Å². The molecule has 20 heavy (non-hydrogen) atoms. The molecule has 1 saturated heterocycles. The fourth-order valence-corrected chi connectivity index (χ4v) is 2.68. The second-order valence-corrected chi connectivity index (χ2v) is 5.76. The van der Waals surface area contributed by atoms with Crippen LogP contribution in [-0.2, 0) is 4.79 Å². The summed E-state index contributed by atoms with van der Waals surface area (Å²) in [5, 5.41) is 6.50. The van der Waals surface area contributed by atoms with Crippen molar-refractivity contribution in [2.75, 3.05) is 13.1 Å². The smallest absolute Gasteiger partial charge is 0.220 e. The second-order valence-electron chi connectivity index (χ2n) is 5.76. The average molecular weight is 297 g/mol. The molecule has 1 heterocycles. The van der Waals surface area contributed by atoms with Gasteiger partial charge in [-0.05, 0) is 36.9 Å². The lowest BCUT2D eigenvalue weighted by Gasteiger charge is -2.23. The van der Waals surface area contributed by atoms with Crippen molar-refractivity contribution in [2.24, 2.45) is 11.8 Å². The molecule has 0 aromatic heterocycles. The van der Waals surface area contributed by atoms with E-state index in [1.165, 1.54) is 5.56 Å². The summed E-state index contributed by atoms with van der Waals surface area (Å²) in [6, 6.07) is 10.3. The van der Waals surface area contributed by atoms with Crippen LogP contribution in [0.3, 0.4) is 0 Å². The molecule has 1 fully saturated rings. The van der Waals surface area contributed by atoms with E-state index in [4.69, 9.17) is 0 Å². The van der Waals surface area contributed by atoms with E-state index < -0.39 is 0 Å². The highest BCUT2D eigenvalue weighted by molar-refractivity contribution is 5.85. The molecule has 1 aliphatic rings. The summed E-state index contributed by atoms with van der Waals surface area (Å²) in [7, 11) is 0. The van der Waals surface area contributed by atoms with Crippen molar-refractivity contribution in [3.05, 3.63) is 35.9 Å². The summed E-state index contributed by atoms with van der Waals surface area (Å²) in [6.45, 7) is 6.32. The molecular formula is C16H25ClN2O. The van der Waals surface area contributed by atoms with E-state index in [0.717, 1.165) is 19.5 Å². The number of benzene rings is 1. The zero-order valence-electron chi connectivity index (χ0n) is 12.3. The largest absolute Gasteiger partial charge is 0.349 e. The third-order valence-electron chi connectivity index (χ3n) is 3.78. The van der Waals surface area contributed by atoms with Crippen LogP contribution >= 0.6 is 12.4 Å². The van der Waals surface area contributed by atoms with Crippen LogP contribution in [0.15, 0.2) is 30.3 Å². The van der Waals surface area contributed by atoms with Crippen LogP contribution in [0.4, 0.5) is 0 Å². The lowest BCUT2D eigenvalue weighted by molar-refractivity contribution is -0.123. The second kappa shape index (κ2) is 8.28. The first-order valence-corrected chi connectivity index (χ1v) is 7.22. The number of hydrogen-bond donors (Lipinski definition) is 2. The molecule has 0 bridgehead atoms. The SMILES string of the molecule is CC(C)C(NC(=O)CC1CCNC1)c1ccccc1.Cl. The minimum atomic E-state index is 0. The number of rotatable bonds is 5. The maximum absolute atomic E-state index is 12.1. The van der Waals surface area contributed by atoms with Crippen LogP contribution in [0.5, 0.6) is 0 Å². The van der Waals surface area contributed by atoms with Gasteiger partial charge in [-0.15, -0.1) is 12.4 Å². The number of hydrogen-bond acceptors (Lipinski definition) is 2. The predicted octanol–water partition coefficient (Wildman–Crippen LogP) is 2.92. The molecule has 4 heteroatoms. The molecule has 1 aromatic carbocycles. The monoisotopic (exact) mass is 296 g/mol. The molecule has 1 aliphatic heterocycles. The van der Waals surface area contributed by atoms with Crippen LogP contribution in [0, 0.1) is 11.8 Å². The van der Waals surface area contributed by atoms with Gasteiger partial charge in [-0.2, -0.15) is 0 Å². The minimum Gasteiger partial charge on any atom is -0.349 e. The van der Waals surface area contributed by atoms with Gasteiger partial charge in [-0.1, -0.05) is 44.2 Å². The Labute approximate surface area is 127 Å². The van der Waals surface area contributed by atoms with Gasteiger partial charge in [0.15, 0.2) is 0 Å². The lowest BCUT2D eigenvalue weighted by Crippen LogP contribution is -2.33. The van der Waals surface area contributed by atoms with Crippen molar-refractivity contribution in [3.63, 3.8) is 0 Å². The fraction of sp³-hybridized carbons (Fsp3) is 0.562. The van der Waals surface area contributed by atoms with Gasteiger partial charge in [0.1, 0.15) is 0 Å². The average Bonchev–Trinajstić information content (AvgIpc) is 2.89. The first kappa shape index (κ1) is 17.0. The van der Waals surface area contributed by atoms with Gasteiger partial charge in [0.2, 0.25) is 5.91 Å². The Bertz CT molecular complexity index is 402. The predicted molar refractivity (Wildman–Crippen MR) is 85.0 cm³/mol. The van der Waals surface area contributed by atoms with Crippen molar-refractivity contribution < 1.29 is 4.79 Å². The molecule has 1 amide bonds. The van der Waals surface area contributed by atoms with Crippen LogP contribution < -0.4 is 10.6 Å². The number of carbonyl (C=O) groups excluding carboxylic acids is 1. The van der Waals surface area contributed by atoms with Gasteiger partial charge in [0.25, 0.3) is 0 Å². The Kier molecular flexibility index (Phi) is 7.03. The quantitative estimate of drug-likeness (QED) is 0.877. The summed E-state index contributed by atoms with van der Waals surface area (Å²) in [5.74, 6) is 1.08. The fourth-order valence-electron chi connectivity index (χ4n) is 2.68.